The van der Waals surface area contributed by atoms with E-state index in [-0.39, 0.29) is 12.2 Å². The zero-order valence-electron chi connectivity index (χ0n) is 13.2. The first-order chi connectivity index (χ1) is 11.2. The van der Waals surface area contributed by atoms with Crippen LogP contribution in [0.25, 0.3) is 17.2 Å². The van der Waals surface area contributed by atoms with E-state index in [2.05, 4.69) is 51.9 Å². The Balaban J connectivity index is 1.79. The first-order valence-electron chi connectivity index (χ1n) is 7.56. The van der Waals surface area contributed by atoms with Crippen LogP contribution in [0.3, 0.4) is 0 Å². The lowest BCUT2D eigenvalue weighted by molar-refractivity contribution is -0.143. The van der Waals surface area contributed by atoms with Gasteiger partial charge in [0.25, 0.3) is 0 Å². The summed E-state index contributed by atoms with van der Waals surface area (Å²) in [7, 11) is 1.29. The molecule has 4 heteroatoms. The van der Waals surface area contributed by atoms with Crippen LogP contribution in [0.5, 0.6) is 0 Å². The quantitative estimate of drug-likeness (QED) is 0.400. The fraction of sp³-hybridized carbons (Fsp3) is 0.263. The van der Waals surface area contributed by atoms with Crippen molar-refractivity contribution in [3.63, 3.8) is 0 Å². The van der Waals surface area contributed by atoms with E-state index in [4.69, 9.17) is 0 Å². The molecule has 1 aromatic heterocycles. The molecule has 0 saturated carbocycles. The van der Waals surface area contributed by atoms with Crippen molar-refractivity contribution >= 4 is 29.2 Å². The minimum atomic E-state index is -0.462. The van der Waals surface area contributed by atoms with Gasteiger partial charge in [0.2, 0.25) is 0 Å². The number of hydrogen-bond acceptors (Lipinski definition) is 4. The van der Waals surface area contributed by atoms with Gasteiger partial charge in [-0.15, -0.1) is 0 Å². The van der Waals surface area contributed by atoms with Crippen molar-refractivity contribution in [1.82, 2.24) is 0 Å². The van der Waals surface area contributed by atoms with E-state index in [1.54, 1.807) is 11.3 Å². The number of methoxy groups -OCH3 is 1. The summed E-state index contributed by atoms with van der Waals surface area (Å²) in [5, 5.41) is 4.21. The van der Waals surface area contributed by atoms with Gasteiger partial charge >= 0.3 is 5.97 Å². The molecular formula is C19H20O3S. The molecule has 0 bridgehead atoms. The molecule has 0 unspecified atom stereocenters. The second-order valence-corrected chi connectivity index (χ2v) is 6.00. The highest BCUT2D eigenvalue weighted by Crippen LogP contribution is 2.23. The predicted octanol–water partition coefficient (Wildman–Crippen LogP) is 4.73. The number of unbranched alkanes of at least 4 members (excludes halogenated alkanes) is 1. The summed E-state index contributed by atoms with van der Waals surface area (Å²) in [6, 6.07) is 10.5. The normalized spacial score (nSPS) is 10.8. The highest BCUT2D eigenvalue weighted by atomic mass is 32.1. The van der Waals surface area contributed by atoms with Crippen molar-refractivity contribution in [2.75, 3.05) is 7.11 Å². The lowest BCUT2D eigenvalue weighted by Crippen LogP contribution is -2.08. The summed E-state index contributed by atoms with van der Waals surface area (Å²) in [6.07, 6.45) is 5.99. The first kappa shape index (κ1) is 17.2. The number of carbonyl (C=O) groups is 2. The van der Waals surface area contributed by atoms with Crippen molar-refractivity contribution in [3.05, 3.63) is 52.7 Å². The average Bonchev–Trinajstić information content (AvgIpc) is 3.09. The Morgan fingerprint density at radius 1 is 1.22 bits per heavy atom. The number of ether oxygens (including phenoxy) is 1. The summed E-state index contributed by atoms with van der Waals surface area (Å²) in [5.41, 5.74) is 3.59. The molecule has 0 aliphatic heterocycles. The predicted molar refractivity (Wildman–Crippen MR) is 94.3 cm³/mol. The third-order valence-electron chi connectivity index (χ3n) is 3.45. The first-order valence-corrected chi connectivity index (χ1v) is 8.51. The largest absolute Gasteiger partial charge is 0.469 e. The Morgan fingerprint density at radius 2 is 2.09 bits per heavy atom. The van der Waals surface area contributed by atoms with Gasteiger partial charge in [-0.1, -0.05) is 30.4 Å². The fourth-order valence-corrected chi connectivity index (χ4v) is 2.87. The van der Waals surface area contributed by atoms with Crippen LogP contribution < -0.4 is 0 Å². The van der Waals surface area contributed by atoms with E-state index >= 15 is 0 Å². The Bertz CT molecular complexity index is 672. The number of esters is 1. The molecule has 0 aliphatic rings. The molecule has 0 fully saturated rings. The number of Topliss-reactive ketones (excluding diaryl/α,β-unsaturated/α-hetero) is 1. The Kier molecular flexibility index (Phi) is 6.76. The maximum absolute atomic E-state index is 11.5. The van der Waals surface area contributed by atoms with Crippen molar-refractivity contribution in [1.29, 1.82) is 0 Å². The second kappa shape index (κ2) is 9.06. The van der Waals surface area contributed by atoms with Crippen molar-refractivity contribution < 1.29 is 14.3 Å². The number of rotatable bonds is 8. The molecule has 3 nitrogen and oxygen atoms in total. The molecule has 120 valence electrons. The molecule has 0 atom stereocenters. The molecule has 1 aromatic carbocycles. The van der Waals surface area contributed by atoms with Gasteiger partial charge in [-0.05, 0) is 52.4 Å². The lowest BCUT2D eigenvalue weighted by atomic mass is 10.0. The van der Waals surface area contributed by atoms with E-state index < -0.39 is 5.97 Å². The third-order valence-corrected chi connectivity index (χ3v) is 4.13. The molecule has 23 heavy (non-hydrogen) atoms. The van der Waals surface area contributed by atoms with Gasteiger partial charge in [0.15, 0.2) is 0 Å². The third kappa shape index (κ3) is 5.83. The molecule has 0 aliphatic carbocycles. The van der Waals surface area contributed by atoms with Crippen LogP contribution in [0.15, 0.2) is 47.2 Å². The van der Waals surface area contributed by atoms with Gasteiger partial charge in [0.05, 0.1) is 7.11 Å². The summed E-state index contributed by atoms with van der Waals surface area (Å²) >= 11 is 1.69. The molecule has 2 rings (SSSR count). The Morgan fingerprint density at radius 3 is 2.83 bits per heavy atom. The molecule has 0 N–H and O–H groups in total. The second-order valence-electron chi connectivity index (χ2n) is 5.22. The smallest absolute Gasteiger partial charge is 0.313 e. The topological polar surface area (TPSA) is 43.4 Å². The number of ketones is 1. The highest BCUT2D eigenvalue weighted by Gasteiger charge is 2.08. The monoisotopic (exact) mass is 328 g/mol. The molecule has 0 amide bonds. The van der Waals surface area contributed by atoms with Gasteiger partial charge in [-0.3, -0.25) is 9.59 Å². The minimum absolute atomic E-state index is 0.0651. The van der Waals surface area contributed by atoms with Crippen LogP contribution in [0.2, 0.25) is 0 Å². The Labute approximate surface area is 140 Å². The molecular weight excluding hydrogens is 308 g/mol. The highest BCUT2D eigenvalue weighted by molar-refractivity contribution is 7.08. The average molecular weight is 328 g/mol. The number of benzene rings is 1. The maximum Gasteiger partial charge on any atom is 0.313 e. The summed E-state index contributed by atoms with van der Waals surface area (Å²) in [5.74, 6) is -0.527. The molecule has 1 heterocycles. The zero-order chi connectivity index (χ0) is 16.5. The molecule has 0 radical (unpaired) electrons. The van der Waals surface area contributed by atoms with E-state index in [0.29, 0.717) is 6.42 Å². The van der Waals surface area contributed by atoms with E-state index in [9.17, 15) is 9.59 Å². The molecule has 0 saturated heterocycles. The van der Waals surface area contributed by atoms with Crippen LogP contribution in [-0.2, 0) is 14.3 Å². The van der Waals surface area contributed by atoms with Crippen LogP contribution in [0, 0.1) is 0 Å². The van der Waals surface area contributed by atoms with E-state index in [1.165, 1.54) is 18.2 Å². The molecule has 0 spiro atoms. The standard InChI is InChI=1S/C19H20O3S/c1-22-19(21)13-18(20)9-4-2-3-6-15-7-5-8-16(12-15)17-10-11-23-14-17/h3,5-8,10-12,14H,2,4,9,13H2,1H3/b6-3+. The zero-order valence-corrected chi connectivity index (χ0v) is 14.0. The van der Waals surface area contributed by atoms with Gasteiger partial charge in [-0.25, -0.2) is 0 Å². The van der Waals surface area contributed by atoms with Gasteiger partial charge in [0, 0.05) is 6.42 Å². The van der Waals surface area contributed by atoms with Crippen molar-refractivity contribution in [3.8, 4) is 11.1 Å². The van der Waals surface area contributed by atoms with Gasteiger partial charge in [0.1, 0.15) is 12.2 Å². The van der Waals surface area contributed by atoms with E-state index in [0.717, 1.165) is 18.4 Å². The lowest BCUT2D eigenvalue weighted by Gasteiger charge is -2.00. The number of hydrogen-bond donors (Lipinski definition) is 0. The van der Waals surface area contributed by atoms with Crippen LogP contribution in [0.1, 0.15) is 31.2 Å². The summed E-state index contributed by atoms with van der Waals surface area (Å²) in [4.78, 5) is 22.5. The fourth-order valence-electron chi connectivity index (χ4n) is 2.21. The Hall–Kier alpha value is -2.20. The summed E-state index contributed by atoms with van der Waals surface area (Å²) < 4.78 is 4.47. The van der Waals surface area contributed by atoms with Crippen LogP contribution >= 0.6 is 11.3 Å². The van der Waals surface area contributed by atoms with Crippen LogP contribution in [-0.4, -0.2) is 18.9 Å². The maximum atomic E-state index is 11.5. The number of thiophene rings is 1. The van der Waals surface area contributed by atoms with Crippen molar-refractivity contribution in [2.24, 2.45) is 0 Å². The van der Waals surface area contributed by atoms with E-state index in [1.807, 2.05) is 6.07 Å². The molecule has 2 aromatic rings. The minimum Gasteiger partial charge on any atom is -0.469 e. The number of allylic oxidation sites excluding steroid dienone is 1. The van der Waals surface area contributed by atoms with Crippen LogP contribution in [0.4, 0.5) is 0 Å². The summed E-state index contributed by atoms with van der Waals surface area (Å²) in [6.45, 7) is 0. The van der Waals surface area contributed by atoms with Gasteiger partial charge in [-0.2, -0.15) is 11.3 Å². The van der Waals surface area contributed by atoms with Crippen molar-refractivity contribution in [2.45, 2.75) is 25.7 Å². The SMILES string of the molecule is COC(=O)CC(=O)CCC/C=C/c1cccc(-c2ccsc2)c1. The van der Waals surface area contributed by atoms with Gasteiger partial charge < -0.3 is 4.74 Å². The number of carbonyl (C=O) groups excluding carboxylic acids is 2.